The van der Waals surface area contributed by atoms with E-state index in [1.165, 1.54) is 0 Å². The second-order valence-electron chi connectivity index (χ2n) is 4.36. The van der Waals surface area contributed by atoms with Gasteiger partial charge in [0.2, 0.25) is 0 Å². The second kappa shape index (κ2) is 3.88. The molecule has 0 unspecified atom stereocenters. The van der Waals surface area contributed by atoms with E-state index in [1.807, 2.05) is 30.3 Å². The Morgan fingerprint density at radius 3 is 2.63 bits per heavy atom. The van der Waals surface area contributed by atoms with Gasteiger partial charge in [0.05, 0.1) is 17.2 Å². The normalized spacial score (nSPS) is 11.2. The zero-order valence-corrected chi connectivity index (χ0v) is 10.0. The van der Waals surface area contributed by atoms with Crippen LogP contribution in [0.4, 0.5) is 0 Å². The second-order valence-corrected chi connectivity index (χ2v) is 4.36. The number of para-hydroxylation sites is 1. The van der Waals surface area contributed by atoms with Crippen molar-refractivity contribution in [3.63, 3.8) is 0 Å². The smallest absolute Gasteiger partial charge is 0.138 e. The predicted molar refractivity (Wildman–Crippen MR) is 74.6 cm³/mol. The van der Waals surface area contributed by atoms with Gasteiger partial charge in [-0.05, 0) is 18.2 Å². The van der Waals surface area contributed by atoms with E-state index in [0.717, 1.165) is 33.3 Å². The fraction of sp³-hybridized carbons (Fsp3) is 0. The SMILES string of the molecule is c1ccc2c(c1)ncc1nc(-c3ccncc3)[nH]c12. The topological polar surface area (TPSA) is 54.5 Å². The minimum absolute atomic E-state index is 0.843. The third-order valence-electron chi connectivity index (χ3n) is 3.18. The van der Waals surface area contributed by atoms with E-state index in [0.29, 0.717) is 0 Å². The van der Waals surface area contributed by atoms with Gasteiger partial charge in [0.1, 0.15) is 11.3 Å². The lowest BCUT2D eigenvalue weighted by Gasteiger charge is -1.96. The van der Waals surface area contributed by atoms with Crippen LogP contribution in [0.1, 0.15) is 0 Å². The Balaban J connectivity index is 2.04. The number of fused-ring (bicyclic) bond motifs is 3. The molecule has 4 heteroatoms. The fourth-order valence-corrected chi connectivity index (χ4v) is 2.26. The highest BCUT2D eigenvalue weighted by Gasteiger charge is 2.08. The van der Waals surface area contributed by atoms with Crippen molar-refractivity contribution in [2.75, 3.05) is 0 Å². The summed E-state index contributed by atoms with van der Waals surface area (Å²) in [5.41, 5.74) is 3.90. The third kappa shape index (κ3) is 1.57. The number of H-pyrrole nitrogens is 1. The summed E-state index contributed by atoms with van der Waals surface area (Å²) >= 11 is 0. The molecule has 3 heterocycles. The number of pyridine rings is 2. The van der Waals surface area contributed by atoms with Crippen LogP contribution >= 0.6 is 0 Å². The van der Waals surface area contributed by atoms with Gasteiger partial charge in [-0.15, -0.1) is 0 Å². The van der Waals surface area contributed by atoms with E-state index in [-0.39, 0.29) is 0 Å². The van der Waals surface area contributed by atoms with Gasteiger partial charge in [-0.3, -0.25) is 9.97 Å². The summed E-state index contributed by atoms with van der Waals surface area (Å²) in [5.74, 6) is 0.843. The van der Waals surface area contributed by atoms with Crippen LogP contribution in [-0.4, -0.2) is 19.9 Å². The van der Waals surface area contributed by atoms with Gasteiger partial charge in [-0.25, -0.2) is 4.98 Å². The first-order valence-electron chi connectivity index (χ1n) is 6.06. The van der Waals surface area contributed by atoms with Crippen molar-refractivity contribution in [2.45, 2.75) is 0 Å². The van der Waals surface area contributed by atoms with Gasteiger partial charge in [0.25, 0.3) is 0 Å². The number of aromatic nitrogens is 4. The summed E-state index contributed by atoms with van der Waals surface area (Å²) in [6.07, 6.45) is 5.33. The molecule has 1 aromatic carbocycles. The minimum atomic E-state index is 0.843. The minimum Gasteiger partial charge on any atom is -0.337 e. The van der Waals surface area contributed by atoms with Crippen LogP contribution in [0.25, 0.3) is 33.3 Å². The van der Waals surface area contributed by atoms with Crippen LogP contribution in [0.5, 0.6) is 0 Å². The van der Waals surface area contributed by atoms with Crippen LogP contribution in [0, 0.1) is 0 Å². The van der Waals surface area contributed by atoms with Crippen LogP contribution in [-0.2, 0) is 0 Å². The number of benzene rings is 1. The fourth-order valence-electron chi connectivity index (χ4n) is 2.26. The lowest BCUT2D eigenvalue weighted by molar-refractivity contribution is 1.28. The summed E-state index contributed by atoms with van der Waals surface area (Å²) in [7, 11) is 0. The zero-order chi connectivity index (χ0) is 12.7. The monoisotopic (exact) mass is 246 g/mol. The molecule has 19 heavy (non-hydrogen) atoms. The number of imidazole rings is 1. The van der Waals surface area contributed by atoms with Crippen LogP contribution in [0.2, 0.25) is 0 Å². The van der Waals surface area contributed by atoms with Crippen molar-refractivity contribution in [3.05, 3.63) is 55.0 Å². The maximum Gasteiger partial charge on any atom is 0.138 e. The first-order chi connectivity index (χ1) is 9.42. The number of aromatic amines is 1. The molecular formula is C15H10N4. The molecule has 0 saturated heterocycles. The summed E-state index contributed by atoms with van der Waals surface area (Å²) < 4.78 is 0. The molecule has 4 rings (SSSR count). The van der Waals surface area contributed by atoms with Crippen molar-refractivity contribution in [1.82, 2.24) is 19.9 Å². The lowest BCUT2D eigenvalue weighted by atomic mass is 10.2. The zero-order valence-electron chi connectivity index (χ0n) is 10.0. The van der Waals surface area contributed by atoms with Crippen molar-refractivity contribution < 1.29 is 0 Å². The molecule has 0 bridgehead atoms. The highest BCUT2D eigenvalue weighted by Crippen LogP contribution is 2.24. The number of nitrogens with zero attached hydrogens (tertiary/aromatic N) is 3. The Morgan fingerprint density at radius 1 is 0.895 bits per heavy atom. The average Bonchev–Trinajstić information content (AvgIpc) is 2.93. The Hall–Kier alpha value is -2.75. The Labute approximate surface area is 109 Å². The number of rotatable bonds is 1. The van der Waals surface area contributed by atoms with Crippen LogP contribution in [0.15, 0.2) is 55.0 Å². The molecule has 90 valence electrons. The largest absolute Gasteiger partial charge is 0.337 e. The van der Waals surface area contributed by atoms with Gasteiger partial charge in [0.15, 0.2) is 0 Å². The first kappa shape index (κ1) is 10.2. The number of nitrogens with one attached hydrogen (secondary N) is 1. The van der Waals surface area contributed by atoms with E-state index in [2.05, 4.69) is 26.0 Å². The summed E-state index contributed by atoms with van der Waals surface area (Å²) in [4.78, 5) is 16.4. The molecule has 1 N–H and O–H groups in total. The lowest BCUT2D eigenvalue weighted by Crippen LogP contribution is -1.80. The molecule has 4 nitrogen and oxygen atoms in total. The van der Waals surface area contributed by atoms with Crippen LogP contribution < -0.4 is 0 Å². The molecule has 4 aromatic rings. The number of hydrogen-bond acceptors (Lipinski definition) is 3. The van der Waals surface area contributed by atoms with E-state index < -0.39 is 0 Å². The average molecular weight is 246 g/mol. The molecule has 0 aliphatic carbocycles. The summed E-state index contributed by atoms with van der Waals surface area (Å²) in [6.45, 7) is 0. The molecular weight excluding hydrogens is 236 g/mol. The molecule has 0 radical (unpaired) electrons. The number of hydrogen-bond donors (Lipinski definition) is 1. The maximum absolute atomic E-state index is 4.59. The van der Waals surface area contributed by atoms with E-state index >= 15 is 0 Å². The molecule has 0 atom stereocenters. The quantitative estimate of drug-likeness (QED) is 0.561. The Kier molecular flexibility index (Phi) is 2.08. The molecule has 0 amide bonds. The predicted octanol–water partition coefficient (Wildman–Crippen LogP) is 3.17. The van der Waals surface area contributed by atoms with Gasteiger partial charge in [-0.1, -0.05) is 18.2 Å². The van der Waals surface area contributed by atoms with E-state index in [9.17, 15) is 0 Å². The Bertz CT molecular complexity index is 865. The van der Waals surface area contributed by atoms with E-state index in [4.69, 9.17) is 0 Å². The Morgan fingerprint density at radius 2 is 1.74 bits per heavy atom. The molecule has 3 aromatic heterocycles. The van der Waals surface area contributed by atoms with Crippen molar-refractivity contribution in [3.8, 4) is 11.4 Å². The molecule has 0 aliphatic heterocycles. The summed E-state index contributed by atoms with van der Waals surface area (Å²) in [6, 6.07) is 11.9. The van der Waals surface area contributed by atoms with Gasteiger partial charge in [0, 0.05) is 23.3 Å². The molecule has 0 saturated carbocycles. The third-order valence-corrected chi connectivity index (χ3v) is 3.18. The van der Waals surface area contributed by atoms with Crippen LogP contribution in [0.3, 0.4) is 0 Å². The van der Waals surface area contributed by atoms with Crippen molar-refractivity contribution in [1.29, 1.82) is 0 Å². The maximum atomic E-state index is 4.59. The van der Waals surface area contributed by atoms with Gasteiger partial charge >= 0.3 is 0 Å². The highest BCUT2D eigenvalue weighted by molar-refractivity contribution is 6.02. The van der Waals surface area contributed by atoms with Crippen molar-refractivity contribution >= 4 is 21.9 Å². The summed E-state index contributed by atoms with van der Waals surface area (Å²) in [5, 5.41) is 1.09. The molecule has 0 spiro atoms. The first-order valence-corrected chi connectivity index (χ1v) is 6.06. The highest BCUT2D eigenvalue weighted by atomic mass is 14.9. The van der Waals surface area contributed by atoms with Gasteiger partial charge in [-0.2, -0.15) is 0 Å². The van der Waals surface area contributed by atoms with E-state index in [1.54, 1.807) is 18.6 Å². The standard InChI is InChI=1S/C15H10N4/c1-2-4-12-11(3-1)14-13(9-17-12)18-15(19-14)10-5-7-16-8-6-10/h1-9H,(H,18,19). The molecule has 0 fully saturated rings. The van der Waals surface area contributed by atoms with Crippen molar-refractivity contribution in [2.24, 2.45) is 0 Å². The molecule has 0 aliphatic rings. The van der Waals surface area contributed by atoms with Gasteiger partial charge < -0.3 is 4.98 Å².